The third kappa shape index (κ3) is 3.49. The Kier molecular flexibility index (Phi) is 5.15. The fourth-order valence-corrected chi connectivity index (χ4v) is 3.80. The smallest absolute Gasteiger partial charge is 0.282 e. The number of carbonyl (C=O) groups excluding carboxylic acids is 2. The number of amides is 2. The number of carbonyl (C=O) groups is 2. The summed E-state index contributed by atoms with van der Waals surface area (Å²) >= 11 is 0. The first-order valence-corrected chi connectivity index (χ1v) is 10.1. The molecule has 3 aliphatic heterocycles. The average Bonchev–Trinajstić information content (AvgIpc) is 3.09. The van der Waals surface area contributed by atoms with Crippen molar-refractivity contribution >= 4 is 11.8 Å². The van der Waals surface area contributed by atoms with E-state index in [0.29, 0.717) is 48.7 Å². The maximum absolute atomic E-state index is 13.3. The Bertz CT molecular complexity index is 1110. The quantitative estimate of drug-likeness (QED) is 0.661. The van der Waals surface area contributed by atoms with E-state index in [1.165, 1.54) is 4.68 Å². The van der Waals surface area contributed by atoms with Crippen LogP contribution in [0.2, 0.25) is 0 Å². The van der Waals surface area contributed by atoms with Crippen molar-refractivity contribution in [2.45, 2.75) is 13.8 Å². The van der Waals surface area contributed by atoms with Gasteiger partial charge < -0.3 is 14.4 Å². The summed E-state index contributed by atoms with van der Waals surface area (Å²) in [6.07, 6.45) is 3.40. The molecule has 156 valence electrons. The molecule has 2 amide bonds. The molecule has 4 rings (SSSR count). The molecule has 0 N–H and O–H groups in total. The van der Waals surface area contributed by atoms with Crippen LogP contribution in [-0.2, 0) is 11.8 Å². The molecular formula is C22H25N5O3. The average molecular weight is 407 g/mol. The molecule has 8 nitrogen and oxygen atoms in total. The van der Waals surface area contributed by atoms with E-state index in [1.54, 1.807) is 45.9 Å². The van der Waals surface area contributed by atoms with Crippen molar-refractivity contribution < 1.29 is 9.59 Å². The van der Waals surface area contributed by atoms with Crippen LogP contribution < -0.4 is 5.56 Å². The Hall–Kier alpha value is -3.42. The molecular weight excluding hydrogens is 382 g/mol. The Balaban J connectivity index is 1.65. The second kappa shape index (κ2) is 7.78. The van der Waals surface area contributed by atoms with Crippen LogP contribution in [0, 0.1) is 5.92 Å². The molecule has 1 aromatic rings. The molecule has 0 atom stereocenters. The zero-order chi connectivity index (χ0) is 21.4. The standard InChI is InChI=1S/C22H25N5O3/c1-15(2)20(28)25-9-11-26(12-10-25)21(29)17-13-24(3)14-18-19(17)23-27(22(18)30)16-7-5-4-6-8-16/h4-8,13-15H,9-12H2,1-3H3. The number of aromatic nitrogens is 3. The van der Waals surface area contributed by atoms with Crippen molar-refractivity contribution in [3.8, 4) is 16.9 Å². The third-order valence-electron chi connectivity index (χ3n) is 5.40. The highest BCUT2D eigenvalue weighted by Crippen LogP contribution is 2.23. The molecule has 1 fully saturated rings. The van der Waals surface area contributed by atoms with Crippen molar-refractivity contribution in [1.82, 2.24) is 24.1 Å². The Morgan fingerprint density at radius 3 is 2.23 bits per heavy atom. The topological polar surface area (TPSA) is 80.4 Å². The van der Waals surface area contributed by atoms with Gasteiger partial charge in [0.2, 0.25) is 5.91 Å². The zero-order valence-electron chi connectivity index (χ0n) is 17.4. The molecule has 3 heterocycles. The molecule has 3 aliphatic rings. The number of hydrogen-bond donors (Lipinski definition) is 0. The fourth-order valence-electron chi connectivity index (χ4n) is 3.80. The minimum Gasteiger partial charge on any atom is -0.356 e. The van der Waals surface area contributed by atoms with Crippen LogP contribution in [-0.4, -0.2) is 62.1 Å². The van der Waals surface area contributed by atoms with Crippen LogP contribution in [0.25, 0.3) is 16.9 Å². The van der Waals surface area contributed by atoms with Gasteiger partial charge in [0.15, 0.2) is 0 Å². The van der Waals surface area contributed by atoms with E-state index in [0.717, 1.165) is 0 Å². The molecule has 1 aromatic carbocycles. The van der Waals surface area contributed by atoms with Crippen molar-refractivity contribution in [3.63, 3.8) is 0 Å². The van der Waals surface area contributed by atoms with Gasteiger partial charge in [0.1, 0.15) is 5.69 Å². The first-order chi connectivity index (χ1) is 14.4. The summed E-state index contributed by atoms with van der Waals surface area (Å²) in [5, 5.41) is 4.48. The Morgan fingerprint density at radius 1 is 0.967 bits per heavy atom. The molecule has 0 spiro atoms. The summed E-state index contributed by atoms with van der Waals surface area (Å²) < 4.78 is 3.05. The maximum atomic E-state index is 13.3. The van der Waals surface area contributed by atoms with Gasteiger partial charge in [-0.25, -0.2) is 0 Å². The van der Waals surface area contributed by atoms with Crippen molar-refractivity contribution in [2.75, 3.05) is 26.2 Å². The highest BCUT2D eigenvalue weighted by molar-refractivity contribution is 6.00. The number of benzene rings is 1. The van der Waals surface area contributed by atoms with Crippen LogP contribution in [0.4, 0.5) is 0 Å². The molecule has 0 aliphatic carbocycles. The Morgan fingerprint density at radius 2 is 1.60 bits per heavy atom. The SMILES string of the molecule is CC(C)C(=O)N1CCN(C(=O)c2cn(C)cc3c(=O)n(-c4ccccc4)nc2-3)CC1. The summed E-state index contributed by atoms with van der Waals surface area (Å²) in [7, 11) is 1.79. The summed E-state index contributed by atoms with van der Waals surface area (Å²) in [6, 6.07) is 9.16. The third-order valence-corrected chi connectivity index (χ3v) is 5.40. The van der Waals surface area contributed by atoms with E-state index in [-0.39, 0.29) is 23.3 Å². The number of piperazine rings is 1. The summed E-state index contributed by atoms with van der Waals surface area (Å²) in [4.78, 5) is 42.0. The number of aryl methyl sites for hydroxylation is 1. The lowest BCUT2D eigenvalue weighted by atomic mass is 10.1. The van der Waals surface area contributed by atoms with Crippen molar-refractivity contribution in [1.29, 1.82) is 0 Å². The number of pyridine rings is 1. The second-order valence-corrected chi connectivity index (χ2v) is 7.92. The summed E-state index contributed by atoms with van der Waals surface area (Å²) in [6.45, 7) is 5.70. The van der Waals surface area contributed by atoms with Gasteiger partial charge >= 0.3 is 0 Å². The van der Waals surface area contributed by atoms with Gasteiger partial charge in [-0.3, -0.25) is 14.4 Å². The number of fused-ring (bicyclic) bond motifs is 1. The van der Waals surface area contributed by atoms with Crippen LogP contribution in [0.15, 0.2) is 47.5 Å². The molecule has 0 radical (unpaired) electrons. The van der Waals surface area contributed by atoms with Gasteiger partial charge in [-0.05, 0) is 12.1 Å². The normalized spacial score (nSPS) is 14.5. The number of nitrogens with zero attached hydrogens (tertiary/aromatic N) is 5. The molecule has 0 unspecified atom stereocenters. The van der Waals surface area contributed by atoms with E-state index >= 15 is 0 Å². The van der Waals surface area contributed by atoms with Crippen LogP contribution in [0.1, 0.15) is 24.2 Å². The number of rotatable bonds is 3. The molecule has 8 heteroatoms. The molecule has 0 saturated carbocycles. The fraction of sp³-hybridized carbons (Fsp3) is 0.364. The van der Waals surface area contributed by atoms with Gasteiger partial charge in [0.05, 0.1) is 16.8 Å². The van der Waals surface area contributed by atoms with E-state index < -0.39 is 0 Å². The van der Waals surface area contributed by atoms with E-state index in [2.05, 4.69) is 5.10 Å². The van der Waals surface area contributed by atoms with Crippen LogP contribution in [0.5, 0.6) is 0 Å². The van der Waals surface area contributed by atoms with E-state index in [9.17, 15) is 14.4 Å². The minimum atomic E-state index is -0.256. The highest BCUT2D eigenvalue weighted by atomic mass is 16.2. The van der Waals surface area contributed by atoms with Gasteiger partial charge in [-0.1, -0.05) is 32.0 Å². The van der Waals surface area contributed by atoms with Crippen LogP contribution >= 0.6 is 0 Å². The van der Waals surface area contributed by atoms with Gasteiger partial charge in [0, 0.05) is 51.5 Å². The lowest BCUT2D eigenvalue weighted by Crippen LogP contribution is -2.51. The number of hydrogen-bond acceptors (Lipinski definition) is 4. The first-order valence-electron chi connectivity index (χ1n) is 10.1. The summed E-state index contributed by atoms with van der Waals surface area (Å²) in [5.74, 6) is -0.128. The predicted molar refractivity (Wildman–Crippen MR) is 113 cm³/mol. The highest BCUT2D eigenvalue weighted by Gasteiger charge is 2.30. The van der Waals surface area contributed by atoms with Gasteiger partial charge in [0.25, 0.3) is 11.5 Å². The lowest BCUT2D eigenvalue weighted by Gasteiger charge is -2.35. The molecule has 0 bridgehead atoms. The largest absolute Gasteiger partial charge is 0.356 e. The zero-order valence-corrected chi connectivity index (χ0v) is 17.4. The van der Waals surface area contributed by atoms with E-state index in [4.69, 9.17) is 0 Å². The molecule has 1 saturated heterocycles. The Labute approximate surface area is 174 Å². The monoisotopic (exact) mass is 407 g/mol. The molecule has 30 heavy (non-hydrogen) atoms. The predicted octanol–water partition coefficient (Wildman–Crippen LogP) is 1.62. The minimum absolute atomic E-state index is 0.0579. The lowest BCUT2D eigenvalue weighted by molar-refractivity contribution is -0.135. The van der Waals surface area contributed by atoms with Crippen molar-refractivity contribution in [3.05, 3.63) is 58.6 Å². The van der Waals surface area contributed by atoms with Crippen LogP contribution in [0.3, 0.4) is 0 Å². The van der Waals surface area contributed by atoms with Gasteiger partial charge in [-0.15, -0.1) is 0 Å². The molecule has 0 aromatic heterocycles. The second-order valence-electron chi connectivity index (χ2n) is 7.92. The number of para-hydroxylation sites is 1. The first kappa shape index (κ1) is 19.9. The maximum Gasteiger partial charge on any atom is 0.282 e. The van der Waals surface area contributed by atoms with Gasteiger partial charge in [-0.2, -0.15) is 9.78 Å². The van der Waals surface area contributed by atoms with E-state index in [1.807, 2.05) is 32.0 Å². The summed E-state index contributed by atoms with van der Waals surface area (Å²) in [5.41, 5.74) is 1.59. The van der Waals surface area contributed by atoms with Crippen molar-refractivity contribution in [2.24, 2.45) is 13.0 Å².